The first kappa shape index (κ1) is 19.9. The maximum Gasteiger partial charge on any atom is 0.244 e. The van der Waals surface area contributed by atoms with Gasteiger partial charge in [-0.25, -0.2) is 13.4 Å². The molecule has 138 valence electrons. The molecule has 0 spiro atoms. The SMILES string of the molecule is C=CCNC(=O)[C@H](C)Sc1ccc(S(=O)(=O)N2CCN(C)CC2)cn1. The summed E-state index contributed by atoms with van der Waals surface area (Å²) in [7, 11) is -1.54. The summed E-state index contributed by atoms with van der Waals surface area (Å²) in [6.07, 6.45) is 2.98. The average molecular weight is 385 g/mol. The summed E-state index contributed by atoms with van der Waals surface area (Å²) >= 11 is 1.28. The number of hydrogen-bond acceptors (Lipinski definition) is 6. The molecule has 2 heterocycles. The van der Waals surface area contributed by atoms with Gasteiger partial charge in [0.2, 0.25) is 15.9 Å². The molecule has 1 saturated heterocycles. The molecule has 0 unspecified atom stereocenters. The number of nitrogens with zero attached hydrogens (tertiary/aromatic N) is 3. The number of hydrogen-bond donors (Lipinski definition) is 1. The largest absolute Gasteiger partial charge is 0.352 e. The third-order valence-corrected chi connectivity index (χ3v) is 6.83. The van der Waals surface area contributed by atoms with Crippen LogP contribution in [0, 0.1) is 0 Å². The predicted octanol–water partition coefficient (Wildman–Crippen LogP) is 0.800. The molecule has 1 aromatic heterocycles. The van der Waals surface area contributed by atoms with Crippen LogP contribution in [0.3, 0.4) is 0 Å². The normalized spacial score (nSPS) is 17.8. The highest BCUT2D eigenvalue weighted by atomic mass is 32.2. The predicted molar refractivity (Wildman–Crippen MR) is 99.0 cm³/mol. The van der Waals surface area contributed by atoms with Crippen LogP contribution in [0.4, 0.5) is 0 Å². The summed E-state index contributed by atoms with van der Waals surface area (Å²) in [5, 5.41) is 3.01. The summed E-state index contributed by atoms with van der Waals surface area (Å²) < 4.78 is 26.8. The summed E-state index contributed by atoms with van der Waals surface area (Å²) in [4.78, 5) is 18.3. The Labute approximate surface area is 153 Å². The van der Waals surface area contributed by atoms with Crippen molar-refractivity contribution in [2.75, 3.05) is 39.8 Å². The minimum atomic E-state index is -3.51. The number of aromatic nitrogens is 1. The number of carbonyl (C=O) groups is 1. The zero-order valence-corrected chi connectivity index (χ0v) is 16.1. The molecular weight excluding hydrogens is 360 g/mol. The number of carbonyl (C=O) groups excluding carboxylic acids is 1. The Bertz CT molecular complexity index is 699. The lowest BCUT2D eigenvalue weighted by molar-refractivity contribution is -0.120. The highest BCUT2D eigenvalue weighted by Crippen LogP contribution is 2.23. The van der Waals surface area contributed by atoms with Gasteiger partial charge in [0.15, 0.2) is 0 Å². The van der Waals surface area contributed by atoms with Gasteiger partial charge in [-0.2, -0.15) is 4.31 Å². The Morgan fingerprint density at radius 3 is 2.64 bits per heavy atom. The number of rotatable bonds is 7. The van der Waals surface area contributed by atoms with Gasteiger partial charge in [0.25, 0.3) is 0 Å². The molecule has 1 aromatic rings. The zero-order chi connectivity index (χ0) is 18.4. The van der Waals surface area contributed by atoms with Crippen LogP contribution in [0.25, 0.3) is 0 Å². The Hall–Kier alpha value is -1.42. The molecule has 2 rings (SSSR count). The second-order valence-corrected chi connectivity index (χ2v) is 9.13. The van der Waals surface area contributed by atoms with E-state index in [1.807, 2.05) is 7.05 Å². The van der Waals surface area contributed by atoms with Gasteiger partial charge in [0.05, 0.1) is 10.3 Å². The lowest BCUT2D eigenvalue weighted by Gasteiger charge is -2.31. The number of thioether (sulfide) groups is 1. The summed E-state index contributed by atoms with van der Waals surface area (Å²) in [6.45, 7) is 8.15. The van der Waals surface area contributed by atoms with Crippen LogP contribution in [0.15, 0.2) is 40.9 Å². The van der Waals surface area contributed by atoms with Crippen LogP contribution < -0.4 is 5.32 Å². The number of sulfonamides is 1. The minimum Gasteiger partial charge on any atom is -0.352 e. The van der Waals surface area contributed by atoms with Gasteiger partial charge in [-0.3, -0.25) is 4.79 Å². The van der Waals surface area contributed by atoms with Crippen molar-refractivity contribution in [2.45, 2.75) is 22.1 Å². The van der Waals surface area contributed by atoms with Crippen molar-refractivity contribution >= 4 is 27.7 Å². The van der Waals surface area contributed by atoms with Gasteiger partial charge in [0, 0.05) is 38.9 Å². The fourth-order valence-corrected chi connectivity index (χ4v) is 4.50. The standard InChI is InChI=1S/C16H24N4O3S2/c1-4-7-17-16(21)13(2)24-15-6-5-14(12-18-15)25(22,23)20-10-8-19(3)9-11-20/h4-6,12-13H,1,7-11H2,2-3H3,(H,17,21)/t13-/m0/s1. The van der Waals surface area contributed by atoms with Crippen LogP contribution in [0.5, 0.6) is 0 Å². The summed E-state index contributed by atoms with van der Waals surface area (Å²) in [5.74, 6) is -0.110. The van der Waals surface area contributed by atoms with Crippen molar-refractivity contribution in [3.05, 3.63) is 31.0 Å². The van der Waals surface area contributed by atoms with Crippen molar-refractivity contribution < 1.29 is 13.2 Å². The fourth-order valence-electron chi connectivity index (χ4n) is 2.32. The third-order valence-electron chi connectivity index (χ3n) is 3.90. The van der Waals surface area contributed by atoms with Crippen LogP contribution in [0.1, 0.15) is 6.92 Å². The maximum atomic E-state index is 12.6. The first-order chi connectivity index (χ1) is 11.8. The Morgan fingerprint density at radius 2 is 2.08 bits per heavy atom. The van der Waals surface area contributed by atoms with Crippen LogP contribution in [-0.4, -0.2) is 73.5 Å². The van der Waals surface area contributed by atoms with E-state index < -0.39 is 10.0 Å². The van der Waals surface area contributed by atoms with E-state index in [4.69, 9.17) is 0 Å². The zero-order valence-electron chi connectivity index (χ0n) is 14.5. The quantitative estimate of drug-likeness (QED) is 0.553. The van der Waals surface area contributed by atoms with E-state index in [1.165, 1.54) is 22.3 Å². The van der Waals surface area contributed by atoms with Gasteiger partial charge in [-0.15, -0.1) is 6.58 Å². The molecule has 1 amide bonds. The highest BCUT2D eigenvalue weighted by Gasteiger charge is 2.27. The van der Waals surface area contributed by atoms with Crippen molar-refractivity contribution in [3.8, 4) is 0 Å². The molecule has 1 atom stereocenters. The lowest BCUT2D eigenvalue weighted by Crippen LogP contribution is -2.47. The smallest absolute Gasteiger partial charge is 0.244 e. The Morgan fingerprint density at radius 1 is 1.40 bits per heavy atom. The van der Waals surface area contributed by atoms with Crippen molar-refractivity contribution in [2.24, 2.45) is 0 Å². The topological polar surface area (TPSA) is 82.6 Å². The number of amides is 1. The Balaban J connectivity index is 2.01. The van der Waals surface area contributed by atoms with Gasteiger partial charge in [-0.1, -0.05) is 17.8 Å². The van der Waals surface area contributed by atoms with Gasteiger partial charge in [0.1, 0.15) is 4.90 Å². The molecule has 1 fully saturated rings. The maximum absolute atomic E-state index is 12.6. The van der Waals surface area contributed by atoms with Gasteiger partial charge in [-0.05, 0) is 26.1 Å². The third kappa shape index (κ3) is 5.27. The van der Waals surface area contributed by atoms with Crippen molar-refractivity contribution in [1.29, 1.82) is 0 Å². The summed E-state index contributed by atoms with van der Waals surface area (Å²) in [6, 6.07) is 3.20. The molecule has 0 saturated carbocycles. The number of pyridine rings is 1. The highest BCUT2D eigenvalue weighted by molar-refractivity contribution is 8.00. The molecule has 0 aromatic carbocycles. The van der Waals surface area contributed by atoms with E-state index in [0.29, 0.717) is 24.7 Å². The monoisotopic (exact) mass is 384 g/mol. The van der Waals surface area contributed by atoms with Crippen LogP contribution in [0.2, 0.25) is 0 Å². The summed E-state index contributed by atoms with van der Waals surface area (Å²) in [5.41, 5.74) is 0. The van der Waals surface area contributed by atoms with E-state index in [9.17, 15) is 13.2 Å². The van der Waals surface area contributed by atoms with E-state index in [-0.39, 0.29) is 16.1 Å². The fraction of sp³-hybridized carbons (Fsp3) is 0.500. The van der Waals surface area contributed by atoms with Gasteiger partial charge < -0.3 is 10.2 Å². The van der Waals surface area contributed by atoms with Crippen molar-refractivity contribution in [1.82, 2.24) is 19.5 Å². The second kappa shape index (κ2) is 8.79. The van der Waals surface area contributed by atoms with Crippen molar-refractivity contribution in [3.63, 3.8) is 0 Å². The number of piperazine rings is 1. The molecule has 1 aliphatic heterocycles. The van der Waals surface area contributed by atoms with Crippen LogP contribution >= 0.6 is 11.8 Å². The Kier molecular flexibility index (Phi) is 7.00. The molecule has 1 N–H and O–H groups in total. The van der Waals surface area contributed by atoms with E-state index >= 15 is 0 Å². The number of nitrogens with one attached hydrogen (secondary N) is 1. The molecular formula is C16H24N4O3S2. The first-order valence-corrected chi connectivity index (χ1v) is 10.4. The minimum absolute atomic E-state index is 0.110. The molecule has 7 nitrogen and oxygen atoms in total. The van der Waals surface area contributed by atoms with E-state index in [2.05, 4.69) is 21.8 Å². The molecule has 0 aliphatic carbocycles. The first-order valence-electron chi connectivity index (χ1n) is 8.04. The molecule has 1 aliphatic rings. The number of likely N-dealkylation sites (N-methyl/N-ethyl adjacent to an activating group) is 1. The van der Waals surface area contributed by atoms with E-state index in [0.717, 1.165) is 13.1 Å². The van der Waals surface area contributed by atoms with E-state index in [1.54, 1.807) is 25.1 Å². The lowest BCUT2D eigenvalue weighted by atomic mass is 10.4. The molecule has 9 heteroatoms. The molecule has 0 bridgehead atoms. The molecule has 0 radical (unpaired) electrons. The second-order valence-electron chi connectivity index (χ2n) is 5.83. The molecule has 25 heavy (non-hydrogen) atoms. The average Bonchev–Trinajstić information content (AvgIpc) is 2.60. The van der Waals surface area contributed by atoms with Crippen LogP contribution in [-0.2, 0) is 14.8 Å². The van der Waals surface area contributed by atoms with Gasteiger partial charge >= 0.3 is 0 Å².